The van der Waals surface area contributed by atoms with Crippen LogP contribution in [0.2, 0.25) is 0 Å². The van der Waals surface area contributed by atoms with Crippen LogP contribution in [-0.4, -0.2) is 34.3 Å². The lowest BCUT2D eigenvalue weighted by Gasteiger charge is -2.31. The molecule has 0 aliphatic carbocycles. The van der Waals surface area contributed by atoms with Gasteiger partial charge in [-0.25, -0.2) is 0 Å². The highest BCUT2D eigenvalue weighted by Crippen LogP contribution is 2.28. The van der Waals surface area contributed by atoms with Gasteiger partial charge in [-0.3, -0.25) is 9.58 Å². The minimum atomic E-state index is 0.401. The van der Waals surface area contributed by atoms with Crippen molar-refractivity contribution in [3.8, 4) is 0 Å². The van der Waals surface area contributed by atoms with Gasteiger partial charge in [0.2, 0.25) is 0 Å². The van der Waals surface area contributed by atoms with Gasteiger partial charge in [0.15, 0.2) is 0 Å². The minimum absolute atomic E-state index is 0.401. The molecule has 0 saturated carbocycles. The van der Waals surface area contributed by atoms with Crippen LogP contribution in [0.4, 0.5) is 0 Å². The maximum atomic E-state index is 4.78. The van der Waals surface area contributed by atoms with Crippen molar-refractivity contribution in [2.45, 2.75) is 52.7 Å². The summed E-state index contributed by atoms with van der Waals surface area (Å²) in [7, 11) is 1.91. The average Bonchev–Trinajstić information content (AvgIpc) is 2.76. The Morgan fingerprint density at radius 1 is 1.26 bits per heavy atom. The van der Waals surface area contributed by atoms with Gasteiger partial charge in [-0.05, 0) is 27.7 Å². The van der Waals surface area contributed by atoms with E-state index >= 15 is 0 Å². The van der Waals surface area contributed by atoms with Crippen molar-refractivity contribution < 1.29 is 0 Å². The van der Waals surface area contributed by atoms with Crippen molar-refractivity contribution in [1.29, 1.82) is 0 Å². The fraction of sp³-hybridized carbons (Fsp3) is 0.667. The Labute approximate surface area is 116 Å². The van der Waals surface area contributed by atoms with Crippen LogP contribution in [0.25, 0.3) is 5.70 Å². The quantitative estimate of drug-likeness (QED) is 0.904. The Morgan fingerprint density at radius 3 is 2.47 bits per heavy atom. The predicted octanol–water partition coefficient (Wildman–Crippen LogP) is 2.42. The summed E-state index contributed by atoms with van der Waals surface area (Å²) in [5.41, 5.74) is 4.70. The summed E-state index contributed by atoms with van der Waals surface area (Å²) in [6.07, 6.45) is 1.08. The molecule has 1 aromatic heterocycles. The number of fused-ring (bicyclic) bond motifs is 1. The van der Waals surface area contributed by atoms with Gasteiger partial charge in [-0.2, -0.15) is 5.10 Å². The molecule has 0 atom stereocenters. The van der Waals surface area contributed by atoms with Crippen molar-refractivity contribution in [1.82, 2.24) is 20.0 Å². The van der Waals surface area contributed by atoms with E-state index in [-0.39, 0.29) is 0 Å². The second-order valence-electron chi connectivity index (χ2n) is 5.85. The molecule has 0 saturated heterocycles. The third-order valence-electron chi connectivity index (χ3n) is 3.92. The van der Waals surface area contributed by atoms with Crippen molar-refractivity contribution >= 4 is 5.70 Å². The smallest absolute Gasteiger partial charge is 0.112 e. The Bertz CT molecular complexity index is 471. The zero-order chi connectivity index (χ0) is 14.2. The molecule has 4 heteroatoms. The second-order valence-corrected chi connectivity index (χ2v) is 5.85. The highest BCUT2D eigenvalue weighted by atomic mass is 15.3. The molecular formula is C15H26N4. The van der Waals surface area contributed by atoms with Gasteiger partial charge in [0.25, 0.3) is 0 Å². The summed E-state index contributed by atoms with van der Waals surface area (Å²) in [5, 5.41) is 7.92. The average molecular weight is 262 g/mol. The normalized spacial score (nSPS) is 15.9. The molecule has 1 aliphatic heterocycles. The van der Waals surface area contributed by atoms with Crippen LogP contribution in [-0.2, 0) is 13.0 Å². The highest BCUT2D eigenvalue weighted by molar-refractivity contribution is 5.62. The van der Waals surface area contributed by atoms with Gasteiger partial charge in [-0.1, -0.05) is 6.58 Å². The maximum Gasteiger partial charge on any atom is 0.112 e. The molecule has 2 heterocycles. The predicted molar refractivity (Wildman–Crippen MR) is 80.0 cm³/mol. The molecule has 0 spiro atoms. The minimum Gasteiger partial charge on any atom is -0.387 e. The van der Waals surface area contributed by atoms with E-state index in [0.717, 1.165) is 30.9 Å². The van der Waals surface area contributed by atoms with Gasteiger partial charge >= 0.3 is 0 Å². The zero-order valence-electron chi connectivity index (χ0n) is 12.8. The number of nitrogens with one attached hydrogen (secondary N) is 1. The van der Waals surface area contributed by atoms with Crippen molar-refractivity contribution in [2.75, 3.05) is 13.6 Å². The summed E-state index contributed by atoms with van der Waals surface area (Å²) in [6, 6.07) is 0.976. The molecule has 4 nitrogen and oxygen atoms in total. The molecule has 106 valence electrons. The molecule has 0 unspecified atom stereocenters. The first-order chi connectivity index (χ1) is 8.95. The van der Waals surface area contributed by atoms with Crippen LogP contribution in [0.5, 0.6) is 0 Å². The SMILES string of the molecule is C=C(NC)c1nn(C(C)C)c2c1CN(C(C)C)CC2. The number of nitrogens with zero attached hydrogens (tertiary/aromatic N) is 3. The Morgan fingerprint density at radius 2 is 1.95 bits per heavy atom. The molecule has 0 radical (unpaired) electrons. The first-order valence-corrected chi connectivity index (χ1v) is 7.17. The van der Waals surface area contributed by atoms with Gasteiger partial charge in [0, 0.05) is 49.9 Å². The lowest BCUT2D eigenvalue weighted by Crippen LogP contribution is -2.36. The highest BCUT2D eigenvalue weighted by Gasteiger charge is 2.27. The molecule has 1 aromatic rings. The van der Waals surface area contributed by atoms with Gasteiger partial charge < -0.3 is 5.32 Å². The Hall–Kier alpha value is -1.29. The fourth-order valence-electron chi connectivity index (χ4n) is 2.70. The molecule has 0 fully saturated rings. The van der Waals surface area contributed by atoms with Crippen molar-refractivity contribution in [2.24, 2.45) is 0 Å². The fourth-order valence-corrected chi connectivity index (χ4v) is 2.70. The number of rotatable bonds is 4. The monoisotopic (exact) mass is 262 g/mol. The molecule has 0 bridgehead atoms. The third-order valence-corrected chi connectivity index (χ3v) is 3.92. The van der Waals surface area contributed by atoms with Crippen molar-refractivity contribution in [3.63, 3.8) is 0 Å². The van der Waals surface area contributed by atoms with E-state index in [9.17, 15) is 0 Å². The first-order valence-electron chi connectivity index (χ1n) is 7.17. The summed E-state index contributed by atoms with van der Waals surface area (Å²) >= 11 is 0. The lowest BCUT2D eigenvalue weighted by molar-refractivity contribution is 0.200. The largest absolute Gasteiger partial charge is 0.387 e. The molecular weight excluding hydrogens is 236 g/mol. The van der Waals surface area contributed by atoms with Crippen LogP contribution in [0.15, 0.2) is 6.58 Å². The Kier molecular flexibility index (Phi) is 3.99. The molecule has 1 N–H and O–H groups in total. The van der Waals surface area contributed by atoms with Crippen LogP contribution in [0.3, 0.4) is 0 Å². The maximum absolute atomic E-state index is 4.78. The molecule has 19 heavy (non-hydrogen) atoms. The summed E-state index contributed by atoms with van der Waals surface area (Å²) in [5.74, 6) is 0. The Balaban J connectivity index is 2.44. The van der Waals surface area contributed by atoms with Crippen molar-refractivity contribution in [3.05, 3.63) is 23.5 Å². The van der Waals surface area contributed by atoms with E-state index in [1.54, 1.807) is 0 Å². The molecule has 1 aliphatic rings. The van der Waals surface area contributed by atoms with Crippen LogP contribution >= 0.6 is 0 Å². The van der Waals surface area contributed by atoms with Gasteiger partial charge in [0.05, 0.1) is 5.70 Å². The van der Waals surface area contributed by atoms with Gasteiger partial charge in [-0.15, -0.1) is 0 Å². The number of hydrogen-bond donors (Lipinski definition) is 1. The summed E-state index contributed by atoms with van der Waals surface area (Å²) < 4.78 is 2.17. The molecule has 0 aromatic carbocycles. The summed E-state index contributed by atoms with van der Waals surface area (Å²) in [6.45, 7) is 15.1. The van der Waals surface area contributed by atoms with E-state index in [2.05, 4.69) is 49.2 Å². The number of hydrogen-bond acceptors (Lipinski definition) is 3. The van der Waals surface area contributed by atoms with E-state index in [0.29, 0.717) is 12.1 Å². The zero-order valence-corrected chi connectivity index (χ0v) is 12.8. The van der Waals surface area contributed by atoms with Crippen LogP contribution in [0, 0.1) is 0 Å². The molecule has 0 amide bonds. The second kappa shape index (κ2) is 5.37. The van der Waals surface area contributed by atoms with Gasteiger partial charge in [0.1, 0.15) is 5.69 Å². The topological polar surface area (TPSA) is 33.1 Å². The molecule has 2 rings (SSSR count). The third kappa shape index (κ3) is 2.54. The summed E-state index contributed by atoms with van der Waals surface area (Å²) in [4.78, 5) is 2.50. The van der Waals surface area contributed by atoms with E-state index < -0.39 is 0 Å². The lowest BCUT2D eigenvalue weighted by atomic mass is 10.0. The first kappa shape index (κ1) is 14.1. The van der Waals surface area contributed by atoms with Crippen LogP contribution < -0.4 is 5.32 Å². The van der Waals surface area contributed by atoms with E-state index in [1.807, 2.05) is 7.05 Å². The number of aromatic nitrogens is 2. The van der Waals surface area contributed by atoms with E-state index in [4.69, 9.17) is 5.10 Å². The van der Waals surface area contributed by atoms with Crippen LogP contribution in [0.1, 0.15) is 50.7 Å². The van der Waals surface area contributed by atoms with E-state index in [1.165, 1.54) is 11.3 Å². The standard InChI is InChI=1S/C15H26N4/c1-10(2)18-8-7-14-13(9-18)15(12(5)16-6)17-19(14)11(3)4/h10-11,16H,5,7-9H2,1-4,6H3.